The van der Waals surface area contributed by atoms with E-state index in [1.807, 2.05) is 0 Å². The van der Waals surface area contributed by atoms with Crippen molar-refractivity contribution in [1.29, 1.82) is 0 Å². The zero-order chi connectivity index (χ0) is 68.1. The second kappa shape index (κ2) is 26.7. The number of hydrogen-bond donors (Lipinski definition) is 7. The van der Waals surface area contributed by atoms with Crippen molar-refractivity contribution in [2.45, 2.75) is 354 Å². The molecule has 0 bridgehead atoms. The van der Waals surface area contributed by atoms with Crippen LogP contribution in [0.15, 0.2) is 12.1 Å². The van der Waals surface area contributed by atoms with Gasteiger partial charge in [-0.05, 0) is 193 Å². The van der Waals surface area contributed by atoms with Gasteiger partial charge in [-0.15, -0.1) is 0 Å². The van der Waals surface area contributed by atoms with E-state index in [2.05, 4.69) is 276 Å². The maximum absolute atomic E-state index is 14.9. The molecule has 1 saturated heterocycles. The molecule has 12 heteroatoms. The largest absolute Gasteiger partial charge is 0.355 e. The minimum Gasteiger partial charge on any atom is -0.355 e. The Morgan fingerprint density at radius 2 is 0.920 bits per heavy atom. The molecule has 2 aliphatic carbocycles. The quantitative estimate of drug-likeness (QED) is 0.0367. The third-order valence-electron chi connectivity index (χ3n) is 21.0. The smallest absolute Gasteiger partial charge is 0.226 e. The van der Waals surface area contributed by atoms with Crippen molar-refractivity contribution in [3.63, 3.8) is 0 Å². The van der Waals surface area contributed by atoms with Gasteiger partial charge in [0.2, 0.25) is 23.6 Å². The van der Waals surface area contributed by atoms with E-state index in [9.17, 15) is 19.2 Å². The Hall–Kier alpha value is -3.06. The number of rotatable bonds is 33. The predicted octanol–water partition coefficient (Wildman–Crippen LogP) is 14.7. The van der Waals surface area contributed by atoms with E-state index in [-0.39, 0.29) is 67.3 Å². The molecular formula is C76H140N8O4. The van der Waals surface area contributed by atoms with Gasteiger partial charge >= 0.3 is 0 Å². The third-order valence-corrected chi connectivity index (χ3v) is 21.0. The normalized spacial score (nSPS) is 25.7. The molecule has 3 atom stereocenters. The molecule has 1 aliphatic heterocycles. The fourth-order valence-corrected chi connectivity index (χ4v) is 19.4. The molecule has 3 aliphatic rings. The van der Waals surface area contributed by atoms with E-state index in [4.69, 9.17) is 0 Å². The van der Waals surface area contributed by atoms with E-state index < -0.39 is 32.5 Å². The summed E-state index contributed by atoms with van der Waals surface area (Å²) in [5.74, 6) is 0.296. The van der Waals surface area contributed by atoms with Gasteiger partial charge in [-0.3, -0.25) is 24.1 Å². The number of amides is 4. The first-order valence-electron chi connectivity index (χ1n) is 34.8. The second-order valence-electron chi connectivity index (χ2n) is 38.4. The van der Waals surface area contributed by atoms with Crippen LogP contribution in [0.2, 0.25) is 0 Å². The molecule has 88 heavy (non-hydrogen) atoms. The van der Waals surface area contributed by atoms with E-state index >= 15 is 0 Å². The van der Waals surface area contributed by atoms with Crippen LogP contribution < -0.4 is 37.2 Å². The van der Waals surface area contributed by atoms with Crippen molar-refractivity contribution in [1.82, 2.24) is 42.1 Å². The molecule has 1 aromatic carbocycles. The minimum absolute atomic E-state index is 0.0364. The summed E-state index contributed by atoms with van der Waals surface area (Å²) >= 11 is 0. The predicted molar refractivity (Wildman–Crippen MR) is 373 cm³/mol. The molecule has 4 rings (SSSR count). The lowest BCUT2D eigenvalue weighted by Crippen LogP contribution is -2.70. The van der Waals surface area contributed by atoms with Crippen LogP contribution in [-0.4, -0.2) is 108 Å². The summed E-state index contributed by atoms with van der Waals surface area (Å²) in [6.45, 7) is 74.5. The molecule has 4 amide bonds. The fraction of sp³-hybridized carbons (Fsp3) is 0.868. The Morgan fingerprint density at radius 3 is 1.28 bits per heavy atom. The van der Waals surface area contributed by atoms with Crippen molar-refractivity contribution in [2.24, 2.45) is 37.9 Å². The number of carbonyl (C=O) groups excluding carboxylic acids is 4. The first-order valence-corrected chi connectivity index (χ1v) is 34.8. The van der Waals surface area contributed by atoms with Crippen molar-refractivity contribution in [2.75, 3.05) is 32.7 Å². The van der Waals surface area contributed by atoms with Gasteiger partial charge in [0.15, 0.2) is 0 Å². The van der Waals surface area contributed by atoms with Crippen LogP contribution in [0.4, 0.5) is 0 Å². The van der Waals surface area contributed by atoms with Crippen LogP contribution in [-0.2, 0) is 40.8 Å². The zero-order valence-corrected chi connectivity index (χ0v) is 63.2. The minimum atomic E-state index is -0.762. The van der Waals surface area contributed by atoms with E-state index in [0.717, 1.165) is 32.2 Å². The first-order chi connectivity index (χ1) is 39.4. The summed E-state index contributed by atoms with van der Waals surface area (Å²) in [4.78, 5) is 61.7. The van der Waals surface area contributed by atoms with Gasteiger partial charge < -0.3 is 37.2 Å². The van der Waals surface area contributed by atoms with Gasteiger partial charge in [0, 0.05) is 94.7 Å². The highest BCUT2D eigenvalue weighted by molar-refractivity contribution is 5.86. The molecular weight excluding hydrogens is 1090 g/mol. The molecule has 508 valence electrons. The number of hydrogen-bond acceptors (Lipinski definition) is 8. The average molecular weight is 1230 g/mol. The summed E-state index contributed by atoms with van der Waals surface area (Å²) in [6, 6.07) is 6.91. The maximum atomic E-state index is 14.9. The van der Waals surface area contributed by atoms with Crippen LogP contribution in [0.3, 0.4) is 0 Å². The van der Waals surface area contributed by atoms with Crippen LogP contribution in [0.5, 0.6) is 0 Å². The molecule has 1 heterocycles. The van der Waals surface area contributed by atoms with Crippen LogP contribution in [0.25, 0.3) is 0 Å². The summed E-state index contributed by atoms with van der Waals surface area (Å²) in [7, 11) is 0. The van der Waals surface area contributed by atoms with Crippen LogP contribution in [0.1, 0.15) is 308 Å². The molecule has 3 unspecified atom stereocenters. The molecule has 3 fully saturated rings. The number of nitrogens with one attached hydrogen (secondary N) is 7. The van der Waals surface area contributed by atoms with Gasteiger partial charge in [0.05, 0.1) is 0 Å². The Bertz CT molecular complexity index is 2580. The van der Waals surface area contributed by atoms with Crippen molar-refractivity contribution in [3.05, 3.63) is 34.4 Å². The number of nitrogens with zero attached hydrogens (tertiary/aromatic N) is 1. The number of carbonyl (C=O) groups is 4. The van der Waals surface area contributed by atoms with E-state index in [1.165, 1.54) is 22.3 Å². The van der Waals surface area contributed by atoms with Gasteiger partial charge in [-0.25, -0.2) is 0 Å². The SMILES string of the molecule is CCNC(C)(C)CC(C)(C)CNC(=O)C(C)(C)CC(C)(C)c1cc(C2(C)CC(C)(C(=O)NCC3(C)CC(C)N3C(C)C)C2)c(C2(C)CC(C)(C(=O)NCC(C)(C)CC(C)NC(C)C)C2)cc1C(C)(C)CC(C)(C)C(=O)NCC(C)(C)CC(C)(C)NC(C)C. The molecule has 0 aromatic heterocycles. The zero-order valence-electron chi connectivity index (χ0n) is 63.2. The lowest BCUT2D eigenvalue weighted by Gasteiger charge is -2.59. The molecule has 12 nitrogen and oxygen atoms in total. The highest BCUT2D eigenvalue weighted by Gasteiger charge is 2.60. The Morgan fingerprint density at radius 1 is 0.534 bits per heavy atom. The Labute approximate surface area is 541 Å². The number of likely N-dealkylation sites (tertiary alicyclic amines) is 1. The van der Waals surface area contributed by atoms with Gasteiger partial charge in [0.25, 0.3) is 0 Å². The molecule has 7 N–H and O–H groups in total. The fourth-order valence-electron chi connectivity index (χ4n) is 19.4. The summed E-state index contributed by atoms with van der Waals surface area (Å²) in [6.07, 6.45) is 7.62. The third kappa shape index (κ3) is 19.3. The van der Waals surface area contributed by atoms with Gasteiger partial charge in [-0.1, -0.05) is 171 Å². The lowest BCUT2D eigenvalue weighted by atomic mass is 9.46. The summed E-state index contributed by atoms with van der Waals surface area (Å²) in [5, 5.41) is 24.9. The standard InChI is InChI=1S/C76H140N8O4/c1-33-81-70(24,25)38-64(12,13)47-77-59(85)68(20,21)40-66(16,17)56-35-58(73(29)44-75(31,45-73)62(88)80-49-76(32)37-54(9)84(76)52(6)7)57(72(28)42-74(30,43-72)61(87)79-46-63(10,11)36-53(8)82-50(2)3)34-55(56)67(18,19)41-69(22,23)60(86)78-48-65(14,15)39-71(26,27)83-51(4)5/h34-35,50-54,81-83H,33,36-49H2,1-32H3,(H,77,85)(H,78,86)(H,79,87)(H,80,88). The molecule has 0 spiro atoms. The molecule has 0 radical (unpaired) electrons. The van der Waals surface area contributed by atoms with Crippen LogP contribution >= 0.6 is 0 Å². The molecule has 1 aromatic rings. The van der Waals surface area contributed by atoms with Crippen molar-refractivity contribution < 1.29 is 19.2 Å². The monoisotopic (exact) mass is 1230 g/mol. The second-order valence-corrected chi connectivity index (χ2v) is 38.4. The molecule has 2 saturated carbocycles. The topological polar surface area (TPSA) is 156 Å². The highest BCUT2D eigenvalue weighted by atomic mass is 16.2. The number of benzene rings is 1. The lowest BCUT2D eigenvalue weighted by molar-refractivity contribution is -0.142. The van der Waals surface area contributed by atoms with Crippen molar-refractivity contribution >= 4 is 23.6 Å². The van der Waals surface area contributed by atoms with Gasteiger partial charge in [-0.2, -0.15) is 0 Å². The highest BCUT2D eigenvalue weighted by Crippen LogP contribution is 2.63. The van der Waals surface area contributed by atoms with Crippen molar-refractivity contribution in [3.8, 4) is 0 Å². The first kappa shape index (κ1) is 77.4. The Balaban J connectivity index is 1.90. The van der Waals surface area contributed by atoms with Gasteiger partial charge in [0.1, 0.15) is 0 Å². The Kier molecular flexibility index (Phi) is 23.5. The van der Waals surface area contributed by atoms with E-state index in [0.29, 0.717) is 94.9 Å². The average Bonchev–Trinajstić information content (AvgIpc) is 0.704. The van der Waals surface area contributed by atoms with Crippen LogP contribution in [0, 0.1) is 37.9 Å². The maximum Gasteiger partial charge on any atom is 0.226 e. The van der Waals surface area contributed by atoms with E-state index in [1.54, 1.807) is 0 Å². The summed E-state index contributed by atoms with van der Waals surface area (Å²) < 4.78 is 0. The summed E-state index contributed by atoms with van der Waals surface area (Å²) in [5.41, 5.74) is -0.384.